The summed E-state index contributed by atoms with van der Waals surface area (Å²) in [6, 6.07) is 3.12. The summed E-state index contributed by atoms with van der Waals surface area (Å²) < 4.78 is 0. The van der Waals surface area contributed by atoms with Crippen LogP contribution in [0, 0.1) is 11.3 Å². The van der Waals surface area contributed by atoms with Crippen LogP contribution in [0.4, 0.5) is 0 Å². The Kier molecular flexibility index (Phi) is 5.24. The molecule has 0 bridgehead atoms. The minimum Gasteiger partial charge on any atom is -0.301 e. The highest BCUT2D eigenvalue weighted by atomic mass is 15.2. The van der Waals surface area contributed by atoms with Crippen molar-refractivity contribution in [3.05, 3.63) is 0 Å². The van der Waals surface area contributed by atoms with Crippen molar-refractivity contribution in [1.82, 2.24) is 10.2 Å². The third-order valence-electron chi connectivity index (χ3n) is 3.60. The van der Waals surface area contributed by atoms with Gasteiger partial charge in [-0.3, -0.25) is 5.32 Å². The lowest BCUT2D eigenvalue weighted by Crippen LogP contribution is -2.44. The number of nitriles is 1. The highest BCUT2D eigenvalue weighted by molar-refractivity contribution is 5.04. The van der Waals surface area contributed by atoms with E-state index in [0.29, 0.717) is 6.04 Å². The van der Waals surface area contributed by atoms with Crippen LogP contribution >= 0.6 is 0 Å². The zero-order valence-corrected chi connectivity index (χ0v) is 10.9. The highest BCUT2D eigenvalue weighted by Gasteiger charge is 2.26. The topological polar surface area (TPSA) is 39.1 Å². The van der Waals surface area contributed by atoms with Gasteiger partial charge in [-0.25, -0.2) is 0 Å². The molecule has 1 rings (SSSR count). The monoisotopic (exact) mass is 223 g/mol. The third kappa shape index (κ3) is 3.77. The lowest BCUT2D eigenvalue weighted by atomic mass is 9.99. The highest BCUT2D eigenvalue weighted by Crippen LogP contribution is 2.19. The van der Waals surface area contributed by atoms with Crippen LogP contribution in [-0.4, -0.2) is 36.1 Å². The van der Waals surface area contributed by atoms with E-state index in [1.807, 2.05) is 6.92 Å². The second-order valence-corrected chi connectivity index (χ2v) is 5.15. The van der Waals surface area contributed by atoms with E-state index in [1.54, 1.807) is 0 Å². The number of nitrogens with one attached hydrogen (secondary N) is 1. The minimum absolute atomic E-state index is 0.349. The number of nitrogens with zero attached hydrogens (tertiary/aromatic N) is 2. The molecule has 0 aromatic heterocycles. The van der Waals surface area contributed by atoms with Crippen LogP contribution in [0.3, 0.4) is 0 Å². The van der Waals surface area contributed by atoms with Gasteiger partial charge in [-0.05, 0) is 52.6 Å². The molecular weight excluding hydrogens is 198 g/mol. The van der Waals surface area contributed by atoms with Crippen molar-refractivity contribution in [3.63, 3.8) is 0 Å². The predicted octanol–water partition coefficient (Wildman–Crippen LogP) is 2.14. The Morgan fingerprint density at radius 2 is 2.31 bits per heavy atom. The molecular formula is C13H25N3. The van der Waals surface area contributed by atoms with E-state index in [2.05, 4.69) is 30.1 Å². The summed E-state index contributed by atoms with van der Waals surface area (Å²) >= 11 is 0. The van der Waals surface area contributed by atoms with Crippen molar-refractivity contribution in [1.29, 1.82) is 5.26 Å². The van der Waals surface area contributed by atoms with E-state index in [0.717, 1.165) is 25.9 Å². The van der Waals surface area contributed by atoms with Crippen LogP contribution in [-0.2, 0) is 0 Å². The third-order valence-corrected chi connectivity index (χ3v) is 3.60. The fraction of sp³-hybridized carbons (Fsp3) is 0.923. The molecule has 1 aliphatic heterocycles. The van der Waals surface area contributed by atoms with Crippen LogP contribution in [0.25, 0.3) is 0 Å². The maximum atomic E-state index is 9.22. The summed E-state index contributed by atoms with van der Waals surface area (Å²) in [5, 5.41) is 12.6. The molecule has 0 aromatic carbocycles. The normalized spacial score (nSPS) is 25.2. The zero-order chi connectivity index (χ0) is 12.0. The van der Waals surface area contributed by atoms with Gasteiger partial charge in [-0.15, -0.1) is 0 Å². The average molecular weight is 223 g/mol. The lowest BCUT2D eigenvalue weighted by Gasteiger charge is -2.28. The van der Waals surface area contributed by atoms with Crippen LogP contribution in [0.2, 0.25) is 0 Å². The van der Waals surface area contributed by atoms with Gasteiger partial charge in [0.05, 0.1) is 6.07 Å². The fourth-order valence-electron chi connectivity index (χ4n) is 2.28. The largest absolute Gasteiger partial charge is 0.301 e. The summed E-state index contributed by atoms with van der Waals surface area (Å²) in [6.07, 6.45) is 4.63. The van der Waals surface area contributed by atoms with Crippen LogP contribution < -0.4 is 5.32 Å². The van der Waals surface area contributed by atoms with E-state index >= 15 is 0 Å². The van der Waals surface area contributed by atoms with Crippen LogP contribution in [0.1, 0.15) is 46.5 Å². The molecule has 1 heterocycles. The smallest absolute Gasteiger partial charge is 0.105 e. The number of likely N-dealkylation sites (tertiary alicyclic amines) is 1. The molecule has 92 valence electrons. The van der Waals surface area contributed by atoms with Crippen molar-refractivity contribution < 1.29 is 0 Å². The minimum atomic E-state index is -0.349. The Morgan fingerprint density at radius 3 is 2.81 bits per heavy atom. The number of rotatable bonds is 6. The Bertz CT molecular complexity index is 246. The first-order valence-corrected chi connectivity index (χ1v) is 6.51. The van der Waals surface area contributed by atoms with E-state index in [4.69, 9.17) is 0 Å². The van der Waals surface area contributed by atoms with Gasteiger partial charge in [-0.1, -0.05) is 6.92 Å². The molecule has 3 nitrogen and oxygen atoms in total. The average Bonchev–Trinajstić information content (AvgIpc) is 2.70. The molecule has 0 aliphatic carbocycles. The van der Waals surface area contributed by atoms with Crippen molar-refractivity contribution in [2.24, 2.45) is 0 Å². The summed E-state index contributed by atoms with van der Waals surface area (Å²) in [5.41, 5.74) is -0.349. The van der Waals surface area contributed by atoms with Gasteiger partial charge in [0.25, 0.3) is 0 Å². The van der Waals surface area contributed by atoms with Crippen LogP contribution in [0.5, 0.6) is 0 Å². The van der Waals surface area contributed by atoms with E-state index in [1.165, 1.54) is 19.4 Å². The fourth-order valence-corrected chi connectivity index (χ4v) is 2.28. The Hall–Kier alpha value is -0.590. The first-order chi connectivity index (χ1) is 7.61. The zero-order valence-electron chi connectivity index (χ0n) is 10.9. The van der Waals surface area contributed by atoms with Gasteiger partial charge in [0.15, 0.2) is 0 Å². The van der Waals surface area contributed by atoms with Crippen LogP contribution in [0.15, 0.2) is 0 Å². The molecule has 0 aromatic rings. The molecule has 0 spiro atoms. The Morgan fingerprint density at radius 1 is 1.56 bits per heavy atom. The molecule has 1 saturated heterocycles. The van der Waals surface area contributed by atoms with Crippen molar-refractivity contribution in [3.8, 4) is 6.07 Å². The molecule has 2 unspecified atom stereocenters. The standard InChI is InChI=1S/C13H25N3/c1-4-8-15-13(3,11-14)7-10-16-9-5-6-12(16)2/h12,15H,4-10H2,1-3H3. The summed E-state index contributed by atoms with van der Waals surface area (Å²) in [5.74, 6) is 0. The van der Waals surface area contributed by atoms with Crippen molar-refractivity contribution >= 4 is 0 Å². The van der Waals surface area contributed by atoms with Gasteiger partial charge in [0, 0.05) is 12.6 Å². The second kappa shape index (κ2) is 6.22. The Labute approximate surface area is 99.8 Å². The predicted molar refractivity (Wildman–Crippen MR) is 67.2 cm³/mol. The maximum absolute atomic E-state index is 9.22. The van der Waals surface area contributed by atoms with Crippen molar-refractivity contribution in [2.45, 2.75) is 58.0 Å². The van der Waals surface area contributed by atoms with Gasteiger partial charge in [0.1, 0.15) is 5.54 Å². The molecule has 1 N–H and O–H groups in total. The molecule has 3 heteroatoms. The maximum Gasteiger partial charge on any atom is 0.105 e. The lowest BCUT2D eigenvalue weighted by molar-refractivity contribution is 0.240. The van der Waals surface area contributed by atoms with Gasteiger partial charge in [-0.2, -0.15) is 5.26 Å². The summed E-state index contributed by atoms with van der Waals surface area (Å²) in [4.78, 5) is 2.50. The van der Waals surface area contributed by atoms with Crippen molar-refractivity contribution in [2.75, 3.05) is 19.6 Å². The molecule has 0 saturated carbocycles. The van der Waals surface area contributed by atoms with E-state index < -0.39 is 0 Å². The molecule has 1 fully saturated rings. The van der Waals surface area contributed by atoms with Gasteiger partial charge in [0.2, 0.25) is 0 Å². The number of hydrogen-bond acceptors (Lipinski definition) is 3. The first-order valence-electron chi connectivity index (χ1n) is 6.51. The molecule has 1 aliphatic rings. The second-order valence-electron chi connectivity index (χ2n) is 5.15. The van der Waals surface area contributed by atoms with Gasteiger partial charge >= 0.3 is 0 Å². The SMILES string of the molecule is CCCNC(C)(C#N)CCN1CCCC1C. The number of hydrogen-bond donors (Lipinski definition) is 1. The molecule has 16 heavy (non-hydrogen) atoms. The quantitative estimate of drug-likeness (QED) is 0.750. The first kappa shape index (κ1) is 13.5. The van der Waals surface area contributed by atoms with E-state index in [9.17, 15) is 5.26 Å². The van der Waals surface area contributed by atoms with E-state index in [-0.39, 0.29) is 5.54 Å². The molecule has 0 amide bonds. The van der Waals surface area contributed by atoms with Gasteiger partial charge < -0.3 is 4.90 Å². The Balaban J connectivity index is 2.35. The molecule has 2 atom stereocenters. The molecule has 0 radical (unpaired) electrons. The summed E-state index contributed by atoms with van der Waals surface area (Å²) in [6.45, 7) is 9.62. The summed E-state index contributed by atoms with van der Waals surface area (Å²) in [7, 11) is 0.